The molecule has 0 spiro atoms. The lowest BCUT2D eigenvalue weighted by molar-refractivity contribution is 0.509. The second kappa shape index (κ2) is 6.71. The van der Waals surface area contributed by atoms with E-state index < -0.39 is 0 Å². The summed E-state index contributed by atoms with van der Waals surface area (Å²) in [4.78, 5) is 8.22. The van der Waals surface area contributed by atoms with Gasteiger partial charge in [-0.2, -0.15) is 0 Å². The van der Waals surface area contributed by atoms with Crippen molar-refractivity contribution in [2.75, 3.05) is 19.6 Å². The summed E-state index contributed by atoms with van der Waals surface area (Å²) < 4.78 is 0. The zero-order valence-corrected chi connectivity index (χ0v) is 9.46. The molecular weight excluding hydrogens is 212 g/mol. The summed E-state index contributed by atoms with van der Waals surface area (Å²) in [6.45, 7) is 4.21. The molecule has 1 saturated heterocycles. The van der Waals surface area contributed by atoms with Crippen molar-refractivity contribution < 1.29 is 0 Å². The maximum absolute atomic E-state index is 4.20. The standard InChI is InChI=1S/C10H16N4.ClH/c1-2-11-5-9(1)6-13-8-10-7-12-3-4-14-10;/h3-4,7,9,11,13H,1-2,5-6,8H2;1H. The fourth-order valence-corrected chi connectivity index (χ4v) is 1.71. The van der Waals surface area contributed by atoms with Crippen LogP contribution in [0.25, 0.3) is 0 Å². The predicted octanol–water partition coefficient (Wildman–Crippen LogP) is 0.597. The number of hydrogen-bond acceptors (Lipinski definition) is 4. The van der Waals surface area contributed by atoms with Crippen molar-refractivity contribution in [2.24, 2.45) is 5.92 Å². The molecule has 2 N–H and O–H groups in total. The van der Waals surface area contributed by atoms with Gasteiger partial charge in [0.2, 0.25) is 0 Å². The van der Waals surface area contributed by atoms with Crippen molar-refractivity contribution in [3.63, 3.8) is 0 Å². The Morgan fingerprint density at radius 3 is 3.07 bits per heavy atom. The van der Waals surface area contributed by atoms with Gasteiger partial charge >= 0.3 is 0 Å². The monoisotopic (exact) mass is 228 g/mol. The highest BCUT2D eigenvalue weighted by atomic mass is 35.5. The van der Waals surface area contributed by atoms with E-state index in [0.717, 1.165) is 37.8 Å². The first-order valence-electron chi connectivity index (χ1n) is 5.11. The smallest absolute Gasteiger partial charge is 0.0724 e. The van der Waals surface area contributed by atoms with Crippen molar-refractivity contribution in [3.05, 3.63) is 24.3 Å². The van der Waals surface area contributed by atoms with Crippen LogP contribution in [-0.4, -0.2) is 29.6 Å². The predicted molar refractivity (Wildman–Crippen MR) is 62.0 cm³/mol. The third-order valence-electron chi connectivity index (χ3n) is 2.52. The summed E-state index contributed by atoms with van der Waals surface area (Å²) in [5, 5.41) is 6.75. The van der Waals surface area contributed by atoms with Crippen molar-refractivity contribution in [1.82, 2.24) is 20.6 Å². The van der Waals surface area contributed by atoms with Crippen LogP contribution in [0.4, 0.5) is 0 Å². The molecular formula is C10H17ClN4. The Bertz CT molecular complexity index is 261. The Morgan fingerprint density at radius 2 is 2.40 bits per heavy atom. The van der Waals surface area contributed by atoms with Crippen LogP contribution in [-0.2, 0) is 6.54 Å². The van der Waals surface area contributed by atoms with E-state index in [4.69, 9.17) is 0 Å². The topological polar surface area (TPSA) is 49.8 Å². The SMILES string of the molecule is Cl.c1cnc(CNCC2CCNC2)cn1. The normalized spacial score (nSPS) is 19.9. The van der Waals surface area contributed by atoms with E-state index in [1.54, 1.807) is 18.6 Å². The van der Waals surface area contributed by atoms with Crippen LogP contribution in [0.3, 0.4) is 0 Å². The van der Waals surface area contributed by atoms with Crippen molar-refractivity contribution in [3.8, 4) is 0 Å². The minimum atomic E-state index is 0. The summed E-state index contributed by atoms with van der Waals surface area (Å²) in [6.07, 6.45) is 6.52. The number of aromatic nitrogens is 2. The highest BCUT2D eigenvalue weighted by Crippen LogP contribution is 2.05. The van der Waals surface area contributed by atoms with Crippen molar-refractivity contribution in [1.29, 1.82) is 0 Å². The maximum Gasteiger partial charge on any atom is 0.0724 e. The van der Waals surface area contributed by atoms with Crippen LogP contribution in [0.15, 0.2) is 18.6 Å². The largest absolute Gasteiger partial charge is 0.316 e. The van der Waals surface area contributed by atoms with Gasteiger partial charge in [-0.1, -0.05) is 0 Å². The summed E-state index contributed by atoms with van der Waals surface area (Å²) in [6, 6.07) is 0. The molecule has 0 aromatic carbocycles. The second-order valence-electron chi connectivity index (χ2n) is 3.69. The Hall–Kier alpha value is -0.710. The highest BCUT2D eigenvalue weighted by molar-refractivity contribution is 5.85. The van der Waals surface area contributed by atoms with Gasteiger partial charge < -0.3 is 10.6 Å². The molecule has 1 aromatic heterocycles. The van der Waals surface area contributed by atoms with E-state index >= 15 is 0 Å². The number of rotatable bonds is 4. The molecule has 0 amide bonds. The van der Waals surface area contributed by atoms with Crippen molar-refractivity contribution in [2.45, 2.75) is 13.0 Å². The summed E-state index contributed by atoms with van der Waals surface area (Å²) in [5.74, 6) is 0.784. The fraction of sp³-hybridized carbons (Fsp3) is 0.600. The summed E-state index contributed by atoms with van der Waals surface area (Å²) in [7, 11) is 0. The Morgan fingerprint density at radius 1 is 1.47 bits per heavy atom. The van der Waals surface area contributed by atoms with Crippen LogP contribution < -0.4 is 10.6 Å². The lowest BCUT2D eigenvalue weighted by Gasteiger charge is -2.08. The van der Waals surface area contributed by atoms with E-state index in [2.05, 4.69) is 20.6 Å². The van der Waals surface area contributed by atoms with Gasteiger partial charge in [0.25, 0.3) is 0 Å². The van der Waals surface area contributed by atoms with Crippen LogP contribution in [0.1, 0.15) is 12.1 Å². The summed E-state index contributed by atoms with van der Waals surface area (Å²) in [5.41, 5.74) is 1.01. The molecule has 4 nitrogen and oxygen atoms in total. The molecule has 5 heteroatoms. The van der Waals surface area contributed by atoms with Gasteiger partial charge in [-0.3, -0.25) is 9.97 Å². The molecule has 2 rings (SSSR count). The first kappa shape index (κ1) is 12.4. The van der Waals surface area contributed by atoms with Crippen LogP contribution in [0.2, 0.25) is 0 Å². The second-order valence-corrected chi connectivity index (χ2v) is 3.69. The van der Waals surface area contributed by atoms with Gasteiger partial charge in [0.1, 0.15) is 0 Å². The molecule has 1 unspecified atom stereocenters. The number of nitrogens with one attached hydrogen (secondary N) is 2. The maximum atomic E-state index is 4.20. The average Bonchev–Trinajstić information content (AvgIpc) is 2.72. The van der Waals surface area contributed by atoms with Gasteiger partial charge in [-0.15, -0.1) is 12.4 Å². The van der Waals surface area contributed by atoms with E-state index in [-0.39, 0.29) is 12.4 Å². The van der Waals surface area contributed by atoms with Gasteiger partial charge in [0.15, 0.2) is 0 Å². The van der Waals surface area contributed by atoms with Gasteiger partial charge in [-0.05, 0) is 32.0 Å². The molecule has 1 atom stereocenters. The zero-order chi connectivity index (χ0) is 9.64. The first-order valence-corrected chi connectivity index (χ1v) is 5.11. The van der Waals surface area contributed by atoms with Crippen LogP contribution in [0.5, 0.6) is 0 Å². The first-order chi connectivity index (χ1) is 6.95. The quantitative estimate of drug-likeness (QED) is 0.793. The van der Waals surface area contributed by atoms with Crippen molar-refractivity contribution >= 4 is 12.4 Å². The Kier molecular flexibility index (Phi) is 5.53. The molecule has 0 bridgehead atoms. The molecule has 0 saturated carbocycles. The summed E-state index contributed by atoms with van der Waals surface area (Å²) >= 11 is 0. The van der Waals surface area contributed by atoms with Gasteiger partial charge in [0.05, 0.1) is 5.69 Å². The molecule has 1 aliphatic heterocycles. The third kappa shape index (κ3) is 4.11. The minimum Gasteiger partial charge on any atom is -0.316 e. The van der Waals surface area contributed by atoms with E-state index in [0.29, 0.717) is 0 Å². The molecule has 15 heavy (non-hydrogen) atoms. The molecule has 84 valence electrons. The van der Waals surface area contributed by atoms with E-state index in [1.807, 2.05) is 0 Å². The van der Waals surface area contributed by atoms with E-state index in [1.165, 1.54) is 6.42 Å². The van der Waals surface area contributed by atoms with Crippen LogP contribution in [0, 0.1) is 5.92 Å². The highest BCUT2D eigenvalue weighted by Gasteiger charge is 2.13. The number of nitrogens with zero attached hydrogens (tertiary/aromatic N) is 2. The molecule has 1 aliphatic rings. The zero-order valence-electron chi connectivity index (χ0n) is 8.65. The molecule has 0 radical (unpaired) electrons. The number of hydrogen-bond donors (Lipinski definition) is 2. The van der Waals surface area contributed by atoms with Gasteiger partial charge in [0, 0.05) is 25.1 Å². The third-order valence-corrected chi connectivity index (χ3v) is 2.52. The molecule has 1 fully saturated rings. The Balaban J connectivity index is 0.00000112. The lowest BCUT2D eigenvalue weighted by atomic mass is 10.1. The molecule has 2 heterocycles. The molecule has 0 aliphatic carbocycles. The Labute approximate surface area is 96.3 Å². The molecule has 1 aromatic rings. The average molecular weight is 229 g/mol. The minimum absolute atomic E-state index is 0. The van der Waals surface area contributed by atoms with E-state index in [9.17, 15) is 0 Å². The number of halogens is 1. The van der Waals surface area contributed by atoms with Gasteiger partial charge in [-0.25, -0.2) is 0 Å². The lowest BCUT2D eigenvalue weighted by Crippen LogP contribution is -2.24. The van der Waals surface area contributed by atoms with Crippen LogP contribution >= 0.6 is 12.4 Å². The fourth-order valence-electron chi connectivity index (χ4n) is 1.71.